The van der Waals surface area contributed by atoms with Gasteiger partial charge in [-0.3, -0.25) is 4.79 Å². The molecule has 0 radical (unpaired) electrons. The number of carbonyl (C=O) groups excluding carboxylic acids is 1. The molecule has 0 amide bonds. The Morgan fingerprint density at radius 2 is 2.11 bits per heavy atom. The highest BCUT2D eigenvalue weighted by atomic mass is 16.5. The van der Waals surface area contributed by atoms with E-state index in [-0.39, 0.29) is 17.5 Å². The summed E-state index contributed by atoms with van der Waals surface area (Å²) in [6.07, 6.45) is 4.53. The van der Waals surface area contributed by atoms with Gasteiger partial charge in [0, 0.05) is 13.7 Å². The standard InChI is InChI=1S/C15H29NO3/c1-11-8-12(10-15(2,3)9-11)19-14(17)13(16)6-5-7-18-4/h11-13H,5-10,16H2,1-4H3. The van der Waals surface area contributed by atoms with Crippen molar-refractivity contribution in [3.8, 4) is 0 Å². The van der Waals surface area contributed by atoms with Crippen molar-refractivity contribution >= 4 is 5.97 Å². The zero-order valence-corrected chi connectivity index (χ0v) is 12.8. The average molecular weight is 271 g/mol. The van der Waals surface area contributed by atoms with Crippen LogP contribution in [0.15, 0.2) is 0 Å². The third-order valence-corrected chi connectivity index (χ3v) is 3.80. The van der Waals surface area contributed by atoms with Crippen LogP contribution in [0.3, 0.4) is 0 Å². The molecule has 1 fully saturated rings. The van der Waals surface area contributed by atoms with E-state index < -0.39 is 6.04 Å². The maximum atomic E-state index is 11.9. The van der Waals surface area contributed by atoms with E-state index in [4.69, 9.17) is 15.2 Å². The summed E-state index contributed by atoms with van der Waals surface area (Å²) in [4.78, 5) is 11.9. The molecule has 0 aromatic carbocycles. The van der Waals surface area contributed by atoms with Gasteiger partial charge in [-0.25, -0.2) is 0 Å². The quantitative estimate of drug-likeness (QED) is 0.595. The summed E-state index contributed by atoms with van der Waals surface area (Å²) in [7, 11) is 1.65. The maximum Gasteiger partial charge on any atom is 0.323 e. The monoisotopic (exact) mass is 271 g/mol. The molecule has 2 N–H and O–H groups in total. The van der Waals surface area contributed by atoms with Gasteiger partial charge in [0.2, 0.25) is 0 Å². The molecule has 0 bridgehead atoms. The van der Waals surface area contributed by atoms with Crippen molar-refractivity contribution < 1.29 is 14.3 Å². The minimum absolute atomic E-state index is 0.0275. The highest BCUT2D eigenvalue weighted by Gasteiger charge is 2.34. The van der Waals surface area contributed by atoms with Crippen LogP contribution >= 0.6 is 0 Å². The van der Waals surface area contributed by atoms with Crippen molar-refractivity contribution in [1.82, 2.24) is 0 Å². The molecule has 1 rings (SSSR count). The third kappa shape index (κ3) is 5.91. The highest BCUT2D eigenvalue weighted by molar-refractivity contribution is 5.75. The van der Waals surface area contributed by atoms with Gasteiger partial charge in [0.1, 0.15) is 12.1 Å². The normalized spacial score (nSPS) is 27.8. The topological polar surface area (TPSA) is 61.5 Å². The van der Waals surface area contributed by atoms with Crippen LogP contribution in [0.2, 0.25) is 0 Å². The number of methoxy groups -OCH3 is 1. The van der Waals surface area contributed by atoms with Gasteiger partial charge in [0.05, 0.1) is 0 Å². The van der Waals surface area contributed by atoms with Gasteiger partial charge >= 0.3 is 5.97 Å². The van der Waals surface area contributed by atoms with Crippen LogP contribution in [0, 0.1) is 11.3 Å². The van der Waals surface area contributed by atoms with Crippen LogP contribution in [0.25, 0.3) is 0 Å². The van der Waals surface area contributed by atoms with Crippen LogP contribution < -0.4 is 5.73 Å². The van der Waals surface area contributed by atoms with Crippen LogP contribution in [0.4, 0.5) is 0 Å². The van der Waals surface area contributed by atoms with Gasteiger partial charge < -0.3 is 15.2 Å². The van der Waals surface area contributed by atoms with Gasteiger partial charge in [0.25, 0.3) is 0 Å². The fourth-order valence-electron chi connectivity index (χ4n) is 3.17. The number of carbonyl (C=O) groups is 1. The molecular formula is C15H29NO3. The zero-order valence-electron chi connectivity index (χ0n) is 12.8. The molecule has 0 spiro atoms. The first-order valence-corrected chi connectivity index (χ1v) is 7.29. The number of ether oxygens (including phenoxy) is 2. The van der Waals surface area contributed by atoms with E-state index in [0.717, 1.165) is 19.3 Å². The van der Waals surface area contributed by atoms with E-state index in [1.165, 1.54) is 6.42 Å². The Balaban J connectivity index is 2.38. The third-order valence-electron chi connectivity index (χ3n) is 3.80. The van der Waals surface area contributed by atoms with Crippen molar-refractivity contribution in [2.24, 2.45) is 17.1 Å². The summed E-state index contributed by atoms with van der Waals surface area (Å²) in [6.45, 7) is 7.33. The lowest BCUT2D eigenvalue weighted by molar-refractivity contribution is -0.155. The molecule has 3 unspecified atom stereocenters. The Hall–Kier alpha value is -0.610. The highest BCUT2D eigenvalue weighted by Crippen LogP contribution is 2.39. The molecule has 0 aromatic rings. The summed E-state index contributed by atoms with van der Waals surface area (Å²) in [6, 6.07) is -0.518. The summed E-state index contributed by atoms with van der Waals surface area (Å²) in [5.41, 5.74) is 6.10. The largest absolute Gasteiger partial charge is 0.461 e. The van der Waals surface area contributed by atoms with Crippen LogP contribution in [-0.4, -0.2) is 31.8 Å². The first-order chi connectivity index (χ1) is 8.84. The lowest BCUT2D eigenvalue weighted by Gasteiger charge is -2.38. The molecule has 1 saturated carbocycles. The SMILES string of the molecule is COCCCC(N)C(=O)OC1CC(C)CC(C)(C)C1. The summed E-state index contributed by atoms with van der Waals surface area (Å²) >= 11 is 0. The minimum atomic E-state index is -0.518. The first kappa shape index (κ1) is 16.4. The Kier molecular flexibility index (Phi) is 6.27. The smallest absolute Gasteiger partial charge is 0.323 e. The Morgan fingerprint density at radius 1 is 1.42 bits per heavy atom. The van der Waals surface area contributed by atoms with E-state index in [0.29, 0.717) is 18.9 Å². The maximum absolute atomic E-state index is 11.9. The number of hydrogen-bond acceptors (Lipinski definition) is 4. The number of rotatable bonds is 6. The van der Waals surface area contributed by atoms with E-state index >= 15 is 0 Å². The van der Waals surface area contributed by atoms with Gasteiger partial charge in [0.15, 0.2) is 0 Å². The molecule has 1 aliphatic carbocycles. The minimum Gasteiger partial charge on any atom is -0.461 e. The Morgan fingerprint density at radius 3 is 2.68 bits per heavy atom. The molecule has 112 valence electrons. The zero-order chi connectivity index (χ0) is 14.5. The number of esters is 1. The van der Waals surface area contributed by atoms with Crippen LogP contribution in [-0.2, 0) is 14.3 Å². The second kappa shape index (κ2) is 7.25. The van der Waals surface area contributed by atoms with E-state index in [2.05, 4.69) is 20.8 Å². The Labute approximate surface area is 117 Å². The predicted octanol–water partition coefficient (Wildman–Crippen LogP) is 2.50. The first-order valence-electron chi connectivity index (χ1n) is 7.29. The molecule has 4 nitrogen and oxygen atoms in total. The molecule has 0 heterocycles. The van der Waals surface area contributed by atoms with E-state index in [1.807, 2.05) is 0 Å². The molecular weight excluding hydrogens is 242 g/mol. The van der Waals surface area contributed by atoms with Gasteiger partial charge in [-0.2, -0.15) is 0 Å². The van der Waals surface area contributed by atoms with Crippen molar-refractivity contribution in [3.05, 3.63) is 0 Å². The van der Waals surface area contributed by atoms with E-state index in [1.54, 1.807) is 7.11 Å². The molecule has 1 aliphatic rings. The van der Waals surface area contributed by atoms with E-state index in [9.17, 15) is 4.79 Å². The van der Waals surface area contributed by atoms with Gasteiger partial charge in [-0.15, -0.1) is 0 Å². The predicted molar refractivity (Wildman–Crippen MR) is 75.8 cm³/mol. The summed E-state index contributed by atoms with van der Waals surface area (Å²) in [5.74, 6) is 0.345. The number of nitrogens with two attached hydrogens (primary N) is 1. The molecule has 3 atom stereocenters. The number of hydrogen-bond donors (Lipinski definition) is 1. The van der Waals surface area contributed by atoms with Gasteiger partial charge in [-0.05, 0) is 43.4 Å². The molecule has 0 aliphatic heterocycles. The summed E-state index contributed by atoms with van der Waals surface area (Å²) < 4.78 is 10.5. The van der Waals surface area contributed by atoms with Crippen molar-refractivity contribution in [1.29, 1.82) is 0 Å². The van der Waals surface area contributed by atoms with Crippen molar-refractivity contribution in [3.63, 3.8) is 0 Å². The molecule has 0 aromatic heterocycles. The fraction of sp³-hybridized carbons (Fsp3) is 0.933. The summed E-state index contributed by atoms with van der Waals surface area (Å²) in [5, 5.41) is 0. The fourth-order valence-corrected chi connectivity index (χ4v) is 3.17. The second-order valence-electron chi connectivity index (χ2n) is 6.71. The lowest BCUT2D eigenvalue weighted by Crippen LogP contribution is -2.39. The van der Waals surface area contributed by atoms with Crippen molar-refractivity contribution in [2.45, 2.75) is 65.0 Å². The molecule has 19 heavy (non-hydrogen) atoms. The lowest BCUT2D eigenvalue weighted by atomic mass is 9.71. The van der Waals surface area contributed by atoms with Crippen LogP contribution in [0.5, 0.6) is 0 Å². The molecule has 0 saturated heterocycles. The van der Waals surface area contributed by atoms with Crippen molar-refractivity contribution in [2.75, 3.05) is 13.7 Å². The Bertz CT molecular complexity index is 291. The second-order valence-corrected chi connectivity index (χ2v) is 6.71. The van der Waals surface area contributed by atoms with Crippen LogP contribution in [0.1, 0.15) is 52.9 Å². The van der Waals surface area contributed by atoms with Gasteiger partial charge in [-0.1, -0.05) is 20.8 Å². The average Bonchev–Trinajstić information content (AvgIpc) is 2.26. The molecule has 4 heteroatoms.